The van der Waals surface area contributed by atoms with Crippen LogP contribution in [-0.4, -0.2) is 18.8 Å². The van der Waals surface area contributed by atoms with E-state index in [4.69, 9.17) is 0 Å². The molecule has 0 N–H and O–H groups in total. The Morgan fingerprint density at radius 1 is 1.38 bits per heavy atom. The smallest absolute Gasteiger partial charge is 0.305 e. The Morgan fingerprint density at radius 2 is 2.12 bits per heavy atom. The fourth-order valence-corrected chi connectivity index (χ4v) is 1.95. The number of benzene rings is 1. The molecule has 0 heterocycles. The highest BCUT2D eigenvalue weighted by atomic mass is 32.2. The maximum Gasteiger partial charge on any atom is 0.305 e. The van der Waals surface area contributed by atoms with Gasteiger partial charge in [0.1, 0.15) is 0 Å². The molecule has 2 nitrogen and oxygen atoms in total. The average molecular weight is 246 g/mol. The second-order valence-electron chi connectivity index (χ2n) is 3.10. The Kier molecular flexibility index (Phi) is 5.25. The lowest BCUT2D eigenvalue weighted by atomic mass is 10.3. The van der Waals surface area contributed by atoms with Gasteiger partial charge in [0.05, 0.1) is 7.11 Å². The first-order valence-electron chi connectivity index (χ1n) is 4.78. The molecule has 0 spiro atoms. The van der Waals surface area contributed by atoms with Crippen molar-refractivity contribution in [2.75, 3.05) is 12.9 Å². The van der Waals surface area contributed by atoms with Gasteiger partial charge in [-0.25, -0.2) is 8.78 Å². The van der Waals surface area contributed by atoms with Gasteiger partial charge in [-0.15, -0.1) is 11.8 Å². The van der Waals surface area contributed by atoms with Crippen molar-refractivity contribution >= 4 is 17.7 Å². The minimum absolute atomic E-state index is 0.258. The van der Waals surface area contributed by atoms with E-state index in [1.807, 2.05) is 0 Å². The Bertz CT molecular complexity index is 369. The highest BCUT2D eigenvalue weighted by Gasteiger charge is 2.04. The molecule has 0 aliphatic carbocycles. The number of rotatable bonds is 5. The third-order valence-corrected chi connectivity index (χ3v) is 2.99. The predicted octanol–water partition coefficient (Wildman–Crippen LogP) is 3.01. The van der Waals surface area contributed by atoms with Crippen LogP contribution in [0.25, 0.3) is 0 Å². The van der Waals surface area contributed by atoms with Crippen molar-refractivity contribution in [1.29, 1.82) is 0 Å². The molecule has 0 aliphatic rings. The molecule has 1 aromatic rings. The van der Waals surface area contributed by atoms with Gasteiger partial charge in [-0.1, -0.05) is 0 Å². The third-order valence-electron chi connectivity index (χ3n) is 1.91. The van der Waals surface area contributed by atoms with Crippen LogP contribution in [0.2, 0.25) is 0 Å². The summed E-state index contributed by atoms with van der Waals surface area (Å²) in [5, 5.41) is 0. The van der Waals surface area contributed by atoms with Gasteiger partial charge in [0.15, 0.2) is 11.6 Å². The van der Waals surface area contributed by atoms with Crippen molar-refractivity contribution < 1.29 is 18.3 Å². The average Bonchev–Trinajstić information content (AvgIpc) is 2.28. The number of hydrogen-bond acceptors (Lipinski definition) is 3. The molecular weight excluding hydrogens is 234 g/mol. The van der Waals surface area contributed by atoms with Crippen LogP contribution in [0.3, 0.4) is 0 Å². The molecule has 0 aromatic heterocycles. The van der Waals surface area contributed by atoms with E-state index in [1.165, 1.54) is 24.9 Å². The molecule has 0 bridgehead atoms. The highest BCUT2D eigenvalue weighted by Crippen LogP contribution is 2.21. The van der Waals surface area contributed by atoms with Crippen molar-refractivity contribution in [2.45, 2.75) is 17.7 Å². The molecule has 0 aliphatic heterocycles. The normalized spacial score (nSPS) is 10.2. The number of thioether (sulfide) groups is 1. The zero-order valence-electron chi connectivity index (χ0n) is 8.83. The first-order valence-corrected chi connectivity index (χ1v) is 5.76. The summed E-state index contributed by atoms with van der Waals surface area (Å²) >= 11 is 1.38. The van der Waals surface area contributed by atoms with E-state index in [1.54, 1.807) is 0 Å². The molecule has 5 heteroatoms. The molecule has 88 valence electrons. The van der Waals surface area contributed by atoms with E-state index in [-0.39, 0.29) is 5.97 Å². The Morgan fingerprint density at radius 3 is 2.75 bits per heavy atom. The van der Waals surface area contributed by atoms with Crippen LogP contribution in [0.1, 0.15) is 12.8 Å². The Balaban J connectivity index is 2.32. The summed E-state index contributed by atoms with van der Waals surface area (Å²) in [6.07, 6.45) is 0.990. The lowest BCUT2D eigenvalue weighted by Crippen LogP contribution is -2.00. The largest absolute Gasteiger partial charge is 0.469 e. The van der Waals surface area contributed by atoms with Crippen molar-refractivity contribution in [1.82, 2.24) is 0 Å². The SMILES string of the molecule is COC(=O)CCCSc1ccc(F)c(F)c1. The maximum atomic E-state index is 12.8. The van der Waals surface area contributed by atoms with Crippen molar-refractivity contribution in [3.05, 3.63) is 29.8 Å². The van der Waals surface area contributed by atoms with Gasteiger partial charge < -0.3 is 4.74 Å². The molecular formula is C11H12F2O2S. The van der Waals surface area contributed by atoms with Crippen LogP contribution in [-0.2, 0) is 9.53 Å². The van der Waals surface area contributed by atoms with E-state index >= 15 is 0 Å². The van der Waals surface area contributed by atoms with Gasteiger partial charge >= 0.3 is 5.97 Å². The molecule has 0 atom stereocenters. The first kappa shape index (κ1) is 13.0. The second kappa shape index (κ2) is 6.48. The molecule has 1 rings (SSSR count). The van der Waals surface area contributed by atoms with Crippen LogP contribution in [0, 0.1) is 11.6 Å². The monoisotopic (exact) mass is 246 g/mol. The Labute approximate surface area is 97.0 Å². The van der Waals surface area contributed by atoms with E-state index in [2.05, 4.69) is 4.74 Å². The van der Waals surface area contributed by atoms with Gasteiger partial charge in [-0.2, -0.15) is 0 Å². The summed E-state index contributed by atoms with van der Waals surface area (Å²) in [4.78, 5) is 11.4. The van der Waals surface area contributed by atoms with Crippen LogP contribution >= 0.6 is 11.8 Å². The number of methoxy groups -OCH3 is 1. The van der Waals surface area contributed by atoms with Crippen LogP contribution in [0.15, 0.2) is 23.1 Å². The molecule has 0 amide bonds. The quantitative estimate of drug-likeness (QED) is 0.454. The van der Waals surface area contributed by atoms with Crippen molar-refractivity contribution in [3.63, 3.8) is 0 Å². The summed E-state index contributed by atoms with van der Waals surface area (Å²) in [6, 6.07) is 3.76. The topological polar surface area (TPSA) is 26.3 Å². The molecule has 0 saturated carbocycles. The Hall–Kier alpha value is -1.10. The fourth-order valence-electron chi connectivity index (χ4n) is 1.08. The summed E-state index contributed by atoms with van der Waals surface area (Å²) in [7, 11) is 1.34. The minimum Gasteiger partial charge on any atom is -0.469 e. The molecule has 16 heavy (non-hydrogen) atoms. The van der Waals surface area contributed by atoms with E-state index in [0.717, 1.165) is 12.1 Å². The lowest BCUT2D eigenvalue weighted by Gasteiger charge is -2.02. The number of hydrogen-bond donors (Lipinski definition) is 0. The molecule has 0 radical (unpaired) electrons. The number of carbonyl (C=O) groups is 1. The first-order chi connectivity index (χ1) is 7.63. The van der Waals surface area contributed by atoms with E-state index < -0.39 is 11.6 Å². The summed E-state index contributed by atoms with van der Waals surface area (Å²) < 4.78 is 29.9. The molecule has 0 saturated heterocycles. The van der Waals surface area contributed by atoms with Crippen LogP contribution in [0.5, 0.6) is 0 Å². The van der Waals surface area contributed by atoms with Gasteiger partial charge in [0.25, 0.3) is 0 Å². The number of halogens is 2. The zero-order valence-corrected chi connectivity index (χ0v) is 9.65. The van der Waals surface area contributed by atoms with Gasteiger partial charge in [0, 0.05) is 11.3 Å². The van der Waals surface area contributed by atoms with Crippen molar-refractivity contribution in [2.24, 2.45) is 0 Å². The molecule has 1 aromatic carbocycles. The lowest BCUT2D eigenvalue weighted by molar-refractivity contribution is -0.140. The fraction of sp³-hybridized carbons (Fsp3) is 0.364. The van der Waals surface area contributed by atoms with Gasteiger partial charge in [-0.05, 0) is 30.4 Å². The second-order valence-corrected chi connectivity index (χ2v) is 4.27. The number of esters is 1. The van der Waals surface area contributed by atoms with E-state index in [0.29, 0.717) is 23.5 Å². The predicted molar refractivity (Wildman–Crippen MR) is 58.3 cm³/mol. The van der Waals surface area contributed by atoms with Crippen LogP contribution in [0.4, 0.5) is 8.78 Å². The van der Waals surface area contributed by atoms with Crippen LogP contribution < -0.4 is 0 Å². The zero-order chi connectivity index (χ0) is 12.0. The maximum absolute atomic E-state index is 12.8. The summed E-state index contributed by atoms with van der Waals surface area (Å²) in [5.74, 6) is -1.29. The third kappa shape index (κ3) is 4.18. The molecule has 0 fully saturated rings. The van der Waals surface area contributed by atoms with Crippen molar-refractivity contribution in [3.8, 4) is 0 Å². The number of carbonyl (C=O) groups excluding carboxylic acids is 1. The standard InChI is InChI=1S/C11H12F2O2S/c1-15-11(14)3-2-6-16-8-4-5-9(12)10(13)7-8/h4-5,7H,2-3,6H2,1H3. The van der Waals surface area contributed by atoms with E-state index in [9.17, 15) is 13.6 Å². The minimum atomic E-state index is -0.849. The van der Waals surface area contributed by atoms with Gasteiger partial charge in [0.2, 0.25) is 0 Å². The highest BCUT2D eigenvalue weighted by molar-refractivity contribution is 7.99. The summed E-state index contributed by atoms with van der Waals surface area (Å²) in [6.45, 7) is 0. The number of ether oxygens (including phenoxy) is 1. The molecule has 0 unspecified atom stereocenters. The van der Waals surface area contributed by atoms with Gasteiger partial charge in [-0.3, -0.25) is 4.79 Å². The summed E-state index contributed by atoms with van der Waals surface area (Å²) in [5.41, 5.74) is 0.